The second-order valence-electron chi connectivity index (χ2n) is 7.58. The van der Waals surface area contributed by atoms with E-state index < -0.39 is 0 Å². The van der Waals surface area contributed by atoms with E-state index in [1.54, 1.807) is 16.7 Å². The fraction of sp³-hybridized carbons (Fsp3) is 0.0385. The van der Waals surface area contributed by atoms with Crippen LogP contribution in [-0.4, -0.2) is 14.5 Å². The Labute approximate surface area is 189 Å². The molecule has 3 aromatic carbocycles. The minimum atomic E-state index is -0.331. The number of benzene rings is 3. The van der Waals surface area contributed by atoms with Gasteiger partial charge in [0.15, 0.2) is 5.65 Å². The topological polar surface area (TPSA) is 56.7 Å². The Bertz CT molecular complexity index is 1510. The molecule has 0 aliphatic rings. The molecule has 5 rings (SSSR count). The number of hydrogen-bond donors (Lipinski definition) is 1. The van der Waals surface area contributed by atoms with Crippen LogP contribution in [-0.2, 0) is 0 Å². The van der Waals surface area contributed by atoms with E-state index in [0.29, 0.717) is 22.5 Å². The lowest BCUT2D eigenvalue weighted by atomic mass is 9.98. The summed E-state index contributed by atoms with van der Waals surface area (Å²) in [6.45, 7) is 2.05. The van der Waals surface area contributed by atoms with E-state index >= 15 is 0 Å². The first-order valence-electron chi connectivity index (χ1n) is 10.1. The molecule has 0 saturated heterocycles. The van der Waals surface area contributed by atoms with E-state index in [1.165, 1.54) is 12.1 Å². The number of anilines is 1. The fourth-order valence-corrected chi connectivity index (χ4v) is 4.15. The summed E-state index contributed by atoms with van der Waals surface area (Å²) in [6.07, 6.45) is 0. The van der Waals surface area contributed by atoms with Crippen molar-refractivity contribution in [1.29, 1.82) is 0 Å². The average molecular weight is 439 g/mol. The molecule has 5 aromatic rings. The lowest BCUT2D eigenvalue weighted by Crippen LogP contribution is -2.09. The SMILES string of the molecule is Cc1cccc(-c2cc(-c3ccccc3)nc3nc(=S)n(-c4ccc(F)cc4)c(N)c23)c1. The number of rotatable bonds is 3. The lowest BCUT2D eigenvalue weighted by Gasteiger charge is -2.17. The van der Waals surface area contributed by atoms with Crippen molar-refractivity contribution in [3.05, 3.63) is 101 Å². The molecular weight excluding hydrogens is 419 g/mol. The molecule has 0 aliphatic heterocycles. The van der Waals surface area contributed by atoms with Crippen molar-refractivity contribution < 1.29 is 4.39 Å². The Balaban J connectivity index is 1.87. The molecule has 6 heteroatoms. The van der Waals surface area contributed by atoms with Crippen LogP contribution in [0.2, 0.25) is 0 Å². The van der Waals surface area contributed by atoms with Crippen LogP contribution >= 0.6 is 12.2 Å². The van der Waals surface area contributed by atoms with E-state index in [4.69, 9.17) is 22.9 Å². The van der Waals surface area contributed by atoms with Crippen molar-refractivity contribution >= 4 is 29.1 Å². The predicted octanol–water partition coefficient (Wildman–Crippen LogP) is 6.51. The van der Waals surface area contributed by atoms with Crippen molar-refractivity contribution in [1.82, 2.24) is 14.5 Å². The highest BCUT2D eigenvalue weighted by Gasteiger charge is 2.17. The molecule has 2 N–H and O–H groups in total. The van der Waals surface area contributed by atoms with Gasteiger partial charge in [-0.2, -0.15) is 4.98 Å². The van der Waals surface area contributed by atoms with Gasteiger partial charge in [0.25, 0.3) is 0 Å². The third-order valence-corrected chi connectivity index (χ3v) is 5.65. The van der Waals surface area contributed by atoms with Gasteiger partial charge in [-0.15, -0.1) is 0 Å². The van der Waals surface area contributed by atoms with Crippen LogP contribution in [0.25, 0.3) is 39.1 Å². The van der Waals surface area contributed by atoms with Crippen LogP contribution < -0.4 is 5.73 Å². The summed E-state index contributed by atoms with van der Waals surface area (Å²) in [5.41, 5.74) is 12.6. The standard InChI is InChI=1S/C26H19FN4S/c1-16-6-5-9-18(14-16)21-15-22(17-7-3-2-4-8-17)29-25-23(21)24(28)31(26(32)30-25)20-12-10-19(27)11-13-20/h2-15H,28H2,1H3. The fourth-order valence-electron chi connectivity index (χ4n) is 3.86. The van der Waals surface area contributed by atoms with Gasteiger partial charge in [0.2, 0.25) is 4.77 Å². The van der Waals surface area contributed by atoms with Gasteiger partial charge in [-0.1, -0.05) is 60.2 Å². The van der Waals surface area contributed by atoms with E-state index in [1.807, 2.05) is 61.5 Å². The molecule has 32 heavy (non-hydrogen) atoms. The second-order valence-corrected chi connectivity index (χ2v) is 7.95. The van der Waals surface area contributed by atoms with Crippen LogP contribution in [0.5, 0.6) is 0 Å². The van der Waals surface area contributed by atoms with Crippen molar-refractivity contribution in [3.63, 3.8) is 0 Å². The maximum Gasteiger partial charge on any atom is 0.207 e. The van der Waals surface area contributed by atoms with Gasteiger partial charge in [0, 0.05) is 5.56 Å². The Morgan fingerprint density at radius 1 is 0.844 bits per heavy atom. The molecule has 0 amide bonds. The highest BCUT2D eigenvalue weighted by Crippen LogP contribution is 2.35. The third-order valence-electron chi connectivity index (χ3n) is 5.37. The first kappa shape index (κ1) is 20.0. The van der Waals surface area contributed by atoms with Crippen LogP contribution in [0, 0.1) is 17.5 Å². The quantitative estimate of drug-likeness (QED) is 0.326. The van der Waals surface area contributed by atoms with Gasteiger partial charge in [-0.25, -0.2) is 9.37 Å². The Hall–Kier alpha value is -3.90. The second kappa shape index (κ2) is 7.98. The monoisotopic (exact) mass is 438 g/mol. The highest BCUT2D eigenvalue weighted by molar-refractivity contribution is 7.71. The summed E-state index contributed by atoms with van der Waals surface area (Å²) in [5, 5.41) is 0.702. The first-order valence-corrected chi connectivity index (χ1v) is 10.5. The van der Waals surface area contributed by atoms with Gasteiger partial charge in [-0.3, -0.25) is 4.57 Å². The normalized spacial score (nSPS) is 11.1. The zero-order valence-corrected chi connectivity index (χ0v) is 18.1. The van der Waals surface area contributed by atoms with Gasteiger partial charge in [0.05, 0.1) is 16.8 Å². The molecule has 2 heterocycles. The van der Waals surface area contributed by atoms with E-state index in [2.05, 4.69) is 11.1 Å². The van der Waals surface area contributed by atoms with Crippen molar-refractivity contribution in [2.24, 2.45) is 0 Å². The van der Waals surface area contributed by atoms with Crippen molar-refractivity contribution in [2.75, 3.05) is 5.73 Å². The van der Waals surface area contributed by atoms with Gasteiger partial charge >= 0.3 is 0 Å². The number of pyridine rings is 1. The molecule has 2 aromatic heterocycles. The molecule has 0 radical (unpaired) electrons. The van der Waals surface area contributed by atoms with Crippen LogP contribution in [0.1, 0.15) is 5.56 Å². The number of aromatic nitrogens is 3. The maximum atomic E-state index is 13.5. The molecule has 4 nitrogen and oxygen atoms in total. The molecule has 0 atom stereocenters. The average Bonchev–Trinajstić information content (AvgIpc) is 2.80. The summed E-state index contributed by atoms with van der Waals surface area (Å²) in [7, 11) is 0. The smallest absolute Gasteiger partial charge is 0.207 e. The Morgan fingerprint density at radius 3 is 2.28 bits per heavy atom. The molecule has 0 unspecified atom stereocenters. The lowest BCUT2D eigenvalue weighted by molar-refractivity contribution is 0.627. The summed E-state index contributed by atoms with van der Waals surface area (Å²) in [5.74, 6) is 0.0810. The largest absolute Gasteiger partial charge is 0.384 e. The van der Waals surface area contributed by atoms with Crippen LogP contribution in [0.3, 0.4) is 0 Å². The van der Waals surface area contributed by atoms with Crippen LogP contribution in [0.4, 0.5) is 10.2 Å². The minimum absolute atomic E-state index is 0.259. The summed E-state index contributed by atoms with van der Waals surface area (Å²) >= 11 is 5.56. The molecule has 0 fully saturated rings. The van der Waals surface area contributed by atoms with Gasteiger partial charge in [0.1, 0.15) is 11.6 Å². The molecule has 0 saturated carbocycles. The molecule has 0 spiro atoms. The van der Waals surface area contributed by atoms with Gasteiger partial charge < -0.3 is 5.73 Å². The van der Waals surface area contributed by atoms with Gasteiger partial charge in [-0.05, 0) is 60.6 Å². The molecule has 156 valence electrons. The first-order chi connectivity index (χ1) is 15.5. The zero-order valence-electron chi connectivity index (χ0n) is 17.3. The third kappa shape index (κ3) is 3.55. The zero-order chi connectivity index (χ0) is 22.2. The number of hydrogen-bond acceptors (Lipinski definition) is 4. The van der Waals surface area contributed by atoms with Crippen molar-refractivity contribution in [3.8, 4) is 28.1 Å². The van der Waals surface area contributed by atoms with E-state index in [-0.39, 0.29) is 10.6 Å². The number of fused-ring (bicyclic) bond motifs is 1. The minimum Gasteiger partial charge on any atom is -0.384 e. The highest BCUT2D eigenvalue weighted by atomic mass is 32.1. The summed E-state index contributed by atoms with van der Waals surface area (Å²) in [4.78, 5) is 9.42. The summed E-state index contributed by atoms with van der Waals surface area (Å²) < 4.78 is 15.4. The molecule has 0 bridgehead atoms. The maximum absolute atomic E-state index is 13.5. The Morgan fingerprint density at radius 2 is 1.56 bits per heavy atom. The number of halogens is 1. The predicted molar refractivity (Wildman–Crippen MR) is 130 cm³/mol. The number of aryl methyl sites for hydroxylation is 1. The van der Waals surface area contributed by atoms with E-state index in [0.717, 1.165) is 27.9 Å². The van der Waals surface area contributed by atoms with Crippen LogP contribution in [0.15, 0.2) is 84.9 Å². The summed E-state index contributed by atoms with van der Waals surface area (Å²) in [6, 6.07) is 26.2. The Kier molecular flexibility index (Phi) is 4.99. The number of nitrogens with zero attached hydrogens (tertiary/aromatic N) is 3. The van der Waals surface area contributed by atoms with Crippen molar-refractivity contribution in [2.45, 2.75) is 6.92 Å². The molecule has 0 aliphatic carbocycles. The number of nitrogen functional groups attached to an aromatic ring is 1. The van der Waals surface area contributed by atoms with E-state index in [9.17, 15) is 4.39 Å². The number of nitrogens with two attached hydrogens (primary N) is 1. The molecular formula is C26H19FN4S.